The fourth-order valence-corrected chi connectivity index (χ4v) is 2.97. The number of para-hydroxylation sites is 2. The normalized spacial score (nSPS) is 11.9. The van der Waals surface area contributed by atoms with E-state index in [0.29, 0.717) is 5.69 Å². The van der Waals surface area contributed by atoms with E-state index in [1.807, 2.05) is 42.5 Å². The van der Waals surface area contributed by atoms with Gasteiger partial charge in [0.1, 0.15) is 0 Å². The molecule has 0 atom stereocenters. The van der Waals surface area contributed by atoms with Crippen LogP contribution in [0.3, 0.4) is 0 Å². The topological polar surface area (TPSA) is 64.2 Å². The zero-order valence-electron chi connectivity index (χ0n) is 15.4. The average Bonchev–Trinajstić information content (AvgIpc) is 2.76. The predicted octanol–water partition coefficient (Wildman–Crippen LogP) is 4.92. The van der Waals surface area contributed by atoms with Crippen LogP contribution < -0.4 is 5.73 Å². The Kier molecular flexibility index (Phi) is 5.20. The summed E-state index contributed by atoms with van der Waals surface area (Å²) >= 11 is 0. The molecule has 0 saturated heterocycles. The fourth-order valence-electron chi connectivity index (χ4n) is 2.97. The molecule has 4 rings (SSSR count). The SMILES string of the molecule is NC=C(C=Nc1ccc(Cc2ccccc2)cc1)c1cnc2ccccc2n1. The van der Waals surface area contributed by atoms with Crippen molar-refractivity contribution in [2.75, 3.05) is 0 Å². The molecule has 0 bridgehead atoms. The van der Waals surface area contributed by atoms with Gasteiger partial charge in [-0.1, -0.05) is 54.6 Å². The van der Waals surface area contributed by atoms with Gasteiger partial charge in [0, 0.05) is 18.0 Å². The molecule has 4 heteroatoms. The van der Waals surface area contributed by atoms with Gasteiger partial charge in [-0.05, 0) is 41.8 Å². The molecule has 4 nitrogen and oxygen atoms in total. The smallest absolute Gasteiger partial charge is 0.0922 e. The highest BCUT2D eigenvalue weighted by molar-refractivity contribution is 6.09. The average molecular weight is 364 g/mol. The number of nitrogens with two attached hydrogens (primary N) is 1. The van der Waals surface area contributed by atoms with Crippen molar-refractivity contribution in [3.8, 4) is 0 Å². The third-order valence-electron chi connectivity index (χ3n) is 4.46. The molecule has 0 saturated carbocycles. The number of aromatic nitrogens is 2. The van der Waals surface area contributed by atoms with E-state index in [2.05, 4.69) is 51.4 Å². The number of fused-ring (bicyclic) bond motifs is 1. The van der Waals surface area contributed by atoms with E-state index < -0.39 is 0 Å². The Bertz CT molecular complexity index is 1130. The molecule has 4 aromatic rings. The minimum Gasteiger partial charge on any atom is -0.404 e. The lowest BCUT2D eigenvalue weighted by atomic mass is 10.1. The number of benzene rings is 3. The van der Waals surface area contributed by atoms with Gasteiger partial charge >= 0.3 is 0 Å². The highest BCUT2D eigenvalue weighted by atomic mass is 14.8. The number of aliphatic imine (C=N–C) groups is 1. The van der Waals surface area contributed by atoms with E-state index in [1.165, 1.54) is 17.3 Å². The van der Waals surface area contributed by atoms with Crippen LogP contribution in [0.1, 0.15) is 16.8 Å². The summed E-state index contributed by atoms with van der Waals surface area (Å²) in [7, 11) is 0. The molecule has 0 spiro atoms. The van der Waals surface area contributed by atoms with Gasteiger partial charge in [-0.15, -0.1) is 0 Å². The number of nitrogens with zero attached hydrogens (tertiary/aromatic N) is 3. The van der Waals surface area contributed by atoms with Gasteiger partial charge in [-0.3, -0.25) is 9.98 Å². The van der Waals surface area contributed by atoms with Crippen LogP contribution in [0.25, 0.3) is 16.6 Å². The van der Waals surface area contributed by atoms with Crippen LogP contribution in [0.5, 0.6) is 0 Å². The first kappa shape index (κ1) is 17.6. The van der Waals surface area contributed by atoms with E-state index >= 15 is 0 Å². The first-order chi connectivity index (χ1) is 13.8. The Balaban J connectivity index is 1.50. The number of hydrogen-bond donors (Lipinski definition) is 1. The summed E-state index contributed by atoms with van der Waals surface area (Å²) in [6.45, 7) is 0. The number of rotatable bonds is 5. The second-order valence-corrected chi connectivity index (χ2v) is 6.45. The van der Waals surface area contributed by atoms with Gasteiger partial charge in [0.2, 0.25) is 0 Å². The zero-order chi connectivity index (χ0) is 19.2. The van der Waals surface area contributed by atoms with Crippen LogP contribution in [0.4, 0.5) is 5.69 Å². The van der Waals surface area contributed by atoms with Crippen LogP contribution in [-0.2, 0) is 6.42 Å². The highest BCUT2D eigenvalue weighted by Crippen LogP contribution is 2.18. The van der Waals surface area contributed by atoms with Crippen molar-refractivity contribution in [1.82, 2.24) is 9.97 Å². The maximum atomic E-state index is 5.80. The molecule has 0 radical (unpaired) electrons. The lowest BCUT2D eigenvalue weighted by Gasteiger charge is -2.04. The summed E-state index contributed by atoms with van der Waals surface area (Å²) in [5.41, 5.74) is 12.3. The minimum absolute atomic E-state index is 0.700. The third-order valence-corrected chi connectivity index (χ3v) is 4.46. The van der Waals surface area contributed by atoms with Crippen LogP contribution >= 0.6 is 0 Å². The van der Waals surface area contributed by atoms with Crippen LogP contribution in [0.2, 0.25) is 0 Å². The molecule has 0 amide bonds. The molecule has 1 aromatic heterocycles. The molecule has 0 aliphatic rings. The summed E-state index contributed by atoms with van der Waals surface area (Å²) in [5.74, 6) is 0. The van der Waals surface area contributed by atoms with Crippen molar-refractivity contribution < 1.29 is 0 Å². The monoisotopic (exact) mass is 364 g/mol. The standard InChI is InChI=1S/C24H20N4/c25-15-20(24-17-27-22-8-4-5-9-23(22)28-24)16-26-21-12-10-19(11-13-21)14-18-6-2-1-3-7-18/h1-13,15-17H,14,25H2. The van der Waals surface area contributed by atoms with Gasteiger partial charge in [-0.25, -0.2) is 4.98 Å². The van der Waals surface area contributed by atoms with Crippen LogP contribution in [0, 0.1) is 0 Å². The molecule has 0 aliphatic heterocycles. The summed E-state index contributed by atoms with van der Waals surface area (Å²) in [6, 6.07) is 26.4. The van der Waals surface area contributed by atoms with Crippen molar-refractivity contribution in [1.29, 1.82) is 0 Å². The van der Waals surface area contributed by atoms with E-state index in [4.69, 9.17) is 5.73 Å². The van der Waals surface area contributed by atoms with Crippen molar-refractivity contribution in [2.24, 2.45) is 10.7 Å². The lowest BCUT2D eigenvalue weighted by Crippen LogP contribution is -1.96. The minimum atomic E-state index is 0.700. The molecule has 136 valence electrons. The van der Waals surface area contributed by atoms with Crippen molar-refractivity contribution >= 4 is 28.5 Å². The van der Waals surface area contributed by atoms with Crippen LogP contribution in [-0.4, -0.2) is 16.2 Å². The van der Waals surface area contributed by atoms with Gasteiger partial charge in [0.25, 0.3) is 0 Å². The van der Waals surface area contributed by atoms with Crippen molar-refractivity contribution in [3.63, 3.8) is 0 Å². The zero-order valence-corrected chi connectivity index (χ0v) is 15.4. The van der Waals surface area contributed by atoms with Gasteiger partial charge in [0.15, 0.2) is 0 Å². The van der Waals surface area contributed by atoms with Gasteiger partial charge < -0.3 is 5.73 Å². The van der Waals surface area contributed by atoms with E-state index in [1.54, 1.807) is 12.4 Å². The lowest BCUT2D eigenvalue weighted by molar-refractivity contribution is 1.19. The van der Waals surface area contributed by atoms with E-state index in [-0.39, 0.29) is 0 Å². The van der Waals surface area contributed by atoms with E-state index in [0.717, 1.165) is 28.7 Å². The summed E-state index contributed by atoms with van der Waals surface area (Å²) in [4.78, 5) is 13.6. The van der Waals surface area contributed by atoms with Crippen molar-refractivity contribution in [2.45, 2.75) is 6.42 Å². The Labute approximate surface area is 164 Å². The van der Waals surface area contributed by atoms with Crippen molar-refractivity contribution in [3.05, 3.63) is 108 Å². The molecule has 1 heterocycles. The first-order valence-electron chi connectivity index (χ1n) is 9.13. The number of allylic oxidation sites excluding steroid dienone is 1. The largest absolute Gasteiger partial charge is 0.404 e. The summed E-state index contributed by atoms with van der Waals surface area (Å²) < 4.78 is 0. The van der Waals surface area contributed by atoms with Gasteiger partial charge in [0.05, 0.1) is 28.6 Å². The molecule has 0 fully saturated rings. The molecular weight excluding hydrogens is 344 g/mol. The van der Waals surface area contributed by atoms with E-state index in [9.17, 15) is 0 Å². The summed E-state index contributed by atoms with van der Waals surface area (Å²) in [6.07, 6.45) is 5.86. The number of hydrogen-bond acceptors (Lipinski definition) is 4. The Morgan fingerprint density at radius 2 is 1.50 bits per heavy atom. The molecule has 28 heavy (non-hydrogen) atoms. The molecule has 0 aliphatic carbocycles. The second-order valence-electron chi connectivity index (χ2n) is 6.45. The Morgan fingerprint density at radius 3 is 2.25 bits per heavy atom. The second kappa shape index (κ2) is 8.27. The molecular formula is C24H20N4. The predicted molar refractivity (Wildman–Crippen MR) is 116 cm³/mol. The van der Waals surface area contributed by atoms with Crippen LogP contribution in [0.15, 0.2) is 96.3 Å². The fraction of sp³-hybridized carbons (Fsp3) is 0.0417. The maximum Gasteiger partial charge on any atom is 0.0922 e. The quantitative estimate of drug-likeness (QED) is 0.511. The summed E-state index contributed by atoms with van der Waals surface area (Å²) in [5, 5.41) is 0. The van der Waals surface area contributed by atoms with Gasteiger partial charge in [-0.2, -0.15) is 0 Å². The highest BCUT2D eigenvalue weighted by Gasteiger charge is 2.03. The molecule has 2 N–H and O–H groups in total. The maximum absolute atomic E-state index is 5.80. The molecule has 0 unspecified atom stereocenters. The third kappa shape index (κ3) is 4.13. The molecule has 3 aromatic carbocycles. The first-order valence-corrected chi connectivity index (χ1v) is 9.13. The Hall–Kier alpha value is -3.79. The Morgan fingerprint density at radius 1 is 0.821 bits per heavy atom.